The van der Waals surface area contributed by atoms with Gasteiger partial charge in [0.25, 0.3) is 6.10 Å². The molecule has 0 radical (unpaired) electrons. The largest absolute Gasteiger partial charge is 0.454 e. The quantitative estimate of drug-likeness (QED) is 0.846. The summed E-state index contributed by atoms with van der Waals surface area (Å²) in [4.78, 5) is 7.14. The van der Waals surface area contributed by atoms with Gasteiger partial charge < -0.3 is 10.1 Å². The minimum atomic E-state index is -5.59. The number of anilines is 1. The molecule has 1 rings (SSSR count). The van der Waals surface area contributed by atoms with E-state index in [1.807, 2.05) is 0 Å². The summed E-state index contributed by atoms with van der Waals surface area (Å²) >= 11 is 0. The maximum absolute atomic E-state index is 12.5. The molecule has 1 heterocycles. The standard InChI is InChI=1S/C11H13F6N3O/c1-3-4-6-7(18-2)19-5-20-8(6)21-9(10(12,13)14)11(15,16)17/h5,9H,3-4H2,1-2H3,(H,18,19,20). The van der Waals surface area contributed by atoms with Crippen LogP contribution in [0.4, 0.5) is 32.2 Å². The predicted octanol–water partition coefficient (Wildman–Crippen LogP) is 3.34. The third-order valence-corrected chi connectivity index (χ3v) is 2.47. The van der Waals surface area contributed by atoms with Crippen molar-refractivity contribution in [1.82, 2.24) is 9.97 Å². The summed E-state index contributed by atoms with van der Waals surface area (Å²) in [6.45, 7) is 1.71. The molecular formula is C11H13F6N3O. The Morgan fingerprint density at radius 1 is 1.14 bits per heavy atom. The van der Waals surface area contributed by atoms with Crippen LogP contribution < -0.4 is 10.1 Å². The molecule has 0 aliphatic carbocycles. The maximum Gasteiger partial charge on any atom is 0.434 e. The normalized spacial score (nSPS) is 12.6. The van der Waals surface area contributed by atoms with Gasteiger partial charge >= 0.3 is 12.4 Å². The van der Waals surface area contributed by atoms with Crippen LogP contribution in [0, 0.1) is 0 Å². The van der Waals surface area contributed by atoms with Crippen molar-refractivity contribution >= 4 is 5.82 Å². The molecule has 0 unspecified atom stereocenters. The first-order chi connectivity index (χ1) is 9.61. The van der Waals surface area contributed by atoms with Gasteiger partial charge in [-0.3, -0.25) is 0 Å². The fraction of sp³-hybridized carbons (Fsp3) is 0.636. The van der Waals surface area contributed by atoms with Crippen LogP contribution in [0.1, 0.15) is 18.9 Å². The molecular weight excluding hydrogens is 304 g/mol. The van der Waals surface area contributed by atoms with Crippen LogP contribution >= 0.6 is 0 Å². The second-order valence-corrected chi connectivity index (χ2v) is 4.09. The average Bonchev–Trinajstić information content (AvgIpc) is 2.34. The van der Waals surface area contributed by atoms with Crippen LogP contribution in [-0.2, 0) is 6.42 Å². The van der Waals surface area contributed by atoms with Crippen molar-refractivity contribution in [3.05, 3.63) is 11.9 Å². The van der Waals surface area contributed by atoms with E-state index in [1.54, 1.807) is 6.92 Å². The molecule has 1 aromatic heterocycles. The highest BCUT2D eigenvalue weighted by Gasteiger charge is 2.59. The number of hydrogen-bond acceptors (Lipinski definition) is 4. The molecule has 0 saturated carbocycles. The Hall–Kier alpha value is -1.74. The van der Waals surface area contributed by atoms with Gasteiger partial charge in [-0.05, 0) is 6.42 Å². The molecule has 0 saturated heterocycles. The molecule has 120 valence electrons. The van der Waals surface area contributed by atoms with Gasteiger partial charge in [0.15, 0.2) is 0 Å². The summed E-state index contributed by atoms with van der Waals surface area (Å²) in [7, 11) is 1.44. The Morgan fingerprint density at radius 2 is 1.71 bits per heavy atom. The van der Waals surface area contributed by atoms with Crippen LogP contribution in [0.15, 0.2) is 6.33 Å². The lowest BCUT2D eigenvalue weighted by atomic mass is 10.1. The first kappa shape index (κ1) is 17.3. The fourth-order valence-corrected chi connectivity index (χ4v) is 1.62. The summed E-state index contributed by atoms with van der Waals surface area (Å²) in [5.41, 5.74) is 0.0704. The minimum absolute atomic E-state index is 0.0704. The third-order valence-electron chi connectivity index (χ3n) is 2.47. The number of nitrogens with zero attached hydrogens (tertiary/aromatic N) is 2. The summed E-state index contributed by atoms with van der Waals surface area (Å²) < 4.78 is 79.1. The average molecular weight is 317 g/mol. The SMILES string of the molecule is CCCc1c(NC)ncnc1OC(C(F)(F)F)C(F)(F)F. The molecule has 0 aliphatic heterocycles. The predicted molar refractivity (Wildman–Crippen MR) is 62.1 cm³/mol. The van der Waals surface area contributed by atoms with Gasteiger partial charge in [-0.25, -0.2) is 9.97 Å². The Kier molecular flexibility index (Phi) is 5.24. The highest BCUT2D eigenvalue weighted by molar-refractivity contribution is 5.48. The minimum Gasteiger partial charge on any atom is -0.454 e. The van der Waals surface area contributed by atoms with Crippen molar-refractivity contribution in [3.63, 3.8) is 0 Å². The Labute approximate surface area is 116 Å². The summed E-state index contributed by atoms with van der Waals surface area (Å²) in [5.74, 6) is -0.596. The van der Waals surface area contributed by atoms with Gasteiger partial charge in [-0.15, -0.1) is 0 Å². The van der Waals surface area contributed by atoms with Gasteiger partial charge in [0.2, 0.25) is 5.88 Å². The van der Waals surface area contributed by atoms with Gasteiger partial charge in [-0.2, -0.15) is 26.3 Å². The zero-order valence-electron chi connectivity index (χ0n) is 11.1. The molecule has 1 aromatic rings. The second kappa shape index (κ2) is 6.35. The lowest BCUT2D eigenvalue weighted by molar-refractivity contribution is -0.300. The number of nitrogens with one attached hydrogen (secondary N) is 1. The highest BCUT2D eigenvalue weighted by atomic mass is 19.4. The molecule has 4 nitrogen and oxygen atoms in total. The molecule has 21 heavy (non-hydrogen) atoms. The van der Waals surface area contributed by atoms with Gasteiger partial charge in [0.1, 0.15) is 12.1 Å². The van der Waals surface area contributed by atoms with Crippen molar-refractivity contribution < 1.29 is 31.1 Å². The smallest absolute Gasteiger partial charge is 0.434 e. The van der Waals surface area contributed by atoms with Crippen LogP contribution in [0.25, 0.3) is 0 Å². The maximum atomic E-state index is 12.5. The molecule has 10 heteroatoms. The first-order valence-corrected chi connectivity index (χ1v) is 5.93. The van der Waals surface area contributed by atoms with Crippen molar-refractivity contribution in [1.29, 1.82) is 0 Å². The monoisotopic (exact) mass is 317 g/mol. The van der Waals surface area contributed by atoms with Crippen LogP contribution in [0.5, 0.6) is 5.88 Å². The number of rotatable bonds is 5. The van der Waals surface area contributed by atoms with Crippen LogP contribution in [0.3, 0.4) is 0 Å². The van der Waals surface area contributed by atoms with E-state index in [0.717, 1.165) is 6.33 Å². The van der Waals surface area contributed by atoms with E-state index >= 15 is 0 Å². The van der Waals surface area contributed by atoms with Crippen LogP contribution in [-0.4, -0.2) is 35.5 Å². The van der Waals surface area contributed by atoms with Gasteiger partial charge in [0.05, 0.1) is 5.56 Å². The molecule has 0 atom stereocenters. The number of aromatic nitrogens is 2. The number of ether oxygens (including phenoxy) is 1. The molecule has 0 fully saturated rings. The molecule has 0 amide bonds. The molecule has 0 aliphatic rings. The Balaban J connectivity index is 3.21. The molecule has 0 aromatic carbocycles. The summed E-state index contributed by atoms with van der Waals surface area (Å²) in [6.07, 6.45) is -13.6. The Morgan fingerprint density at radius 3 is 2.14 bits per heavy atom. The summed E-state index contributed by atoms with van der Waals surface area (Å²) in [5, 5.41) is 2.58. The van der Waals surface area contributed by atoms with E-state index in [4.69, 9.17) is 0 Å². The zero-order chi connectivity index (χ0) is 16.3. The second-order valence-electron chi connectivity index (χ2n) is 4.09. The van der Waals surface area contributed by atoms with E-state index in [2.05, 4.69) is 20.0 Å². The lowest BCUT2D eigenvalue weighted by Crippen LogP contribution is -2.46. The highest BCUT2D eigenvalue weighted by Crippen LogP contribution is 2.37. The van der Waals surface area contributed by atoms with Crippen molar-refractivity contribution in [3.8, 4) is 5.88 Å². The van der Waals surface area contributed by atoms with E-state index in [0.29, 0.717) is 6.42 Å². The molecule has 1 N–H and O–H groups in total. The van der Waals surface area contributed by atoms with E-state index < -0.39 is 24.3 Å². The van der Waals surface area contributed by atoms with Crippen molar-refractivity contribution in [2.45, 2.75) is 38.2 Å². The molecule has 0 spiro atoms. The summed E-state index contributed by atoms with van der Waals surface area (Å²) in [6, 6.07) is 0. The Bertz CT molecular complexity index is 460. The van der Waals surface area contributed by atoms with E-state index in [1.165, 1.54) is 7.05 Å². The lowest BCUT2D eigenvalue weighted by Gasteiger charge is -2.24. The fourth-order valence-electron chi connectivity index (χ4n) is 1.62. The number of hydrogen-bond donors (Lipinski definition) is 1. The van der Waals surface area contributed by atoms with E-state index in [-0.39, 0.29) is 17.8 Å². The van der Waals surface area contributed by atoms with Crippen molar-refractivity contribution in [2.75, 3.05) is 12.4 Å². The third kappa shape index (κ3) is 4.36. The van der Waals surface area contributed by atoms with Gasteiger partial charge in [0, 0.05) is 7.05 Å². The number of halogens is 6. The van der Waals surface area contributed by atoms with Crippen LogP contribution in [0.2, 0.25) is 0 Å². The first-order valence-electron chi connectivity index (χ1n) is 5.93. The van der Waals surface area contributed by atoms with E-state index in [9.17, 15) is 26.3 Å². The van der Waals surface area contributed by atoms with Crippen molar-refractivity contribution in [2.24, 2.45) is 0 Å². The van der Waals surface area contributed by atoms with Gasteiger partial charge in [-0.1, -0.05) is 13.3 Å². The number of alkyl halides is 6. The zero-order valence-corrected chi connectivity index (χ0v) is 11.1. The molecule has 0 bridgehead atoms. The topological polar surface area (TPSA) is 47.0 Å².